The molecule has 3 aromatic rings. The summed E-state index contributed by atoms with van der Waals surface area (Å²) in [4.78, 5) is 0. The van der Waals surface area contributed by atoms with Gasteiger partial charge in [0.05, 0.1) is 25.6 Å². The Hall–Kier alpha value is -2.84. The average molecular weight is 401 g/mol. The second-order valence-electron chi connectivity index (χ2n) is 5.80. The lowest BCUT2D eigenvalue weighted by atomic mass is 10.2. The van der Waals surface area contributed by atoms with Gasteiger partial charge in [-0.3, -0.25) is 0 Å². The number of benzene rings is 1. The Bertz CT molecular complexity index is 893. The van der Waals surface area contributed by atoms with Gasteiger partial charge in [0.1, 0.15) is 11.5 Å². The third-order valence-corrected chi connectivity index (χ3v) is 4.24. The molecule has 8 heteroatoms. The van der Waals surface area contributed by atoms with Crippen LogP contribution in [0.1, 0.15) is 17.1 Å². The van der Waals surface area contributed by atoms with Crippen LogP contribution in [0, 0.1) is 6.92 Å². The van der Waals surface area contributed by atoms with Crippen LogP contribution in [0.3, 0.4) is 0 Å². The Morgan fingerprint density at radius 1 is 0.852 bits per heavy atom. The lowest BCUT2D eigenvalue weighted by molar-refractivity contribution is 0.503. The number of hydrogen-bond donors (Lipinski definition) is 4. The molecular formula is C19H20N4O2S2. The van der Waals surface area contributed by atoms with Crippen molar-refractivity contribution in [3.05, 3.63) is 72.1 Å². The first kappa shape index (κ1) is 18.9. The van der Waals surface area contributed by atoms with Crippen LogP contribution in [0.25, 0.3) is 0 Å². The van der Waals surface area contributed by atoms with Crippen molar-refractivity contribution >= 4 is 46.0 Å². The summed E-state index contributed by atoms with van der Waals surface area (Å²) in [5.41, 5.74) is 2.82. The van der Waals surface area contributed by atoms with Gasteiger partial charge in [-0.1, -0.05) is 6.07 Å². The number of nitrogens with one attached hydrogen (secondary N) is 4. The number of hydrogen-bond acceptors (Lipinski definition) is 4. The zero-order valence-corrected chi connectivity index (χ0v) is 16.4. The van der Waals surface area contributed by atoms with E-state index in [-0.39, 0.29) is 0 Å². The molecule has 6 nitrogen and oxygen atoms in total. The van der Waals surface area contributed by atoms with Crippen molar-refractivity contribution in [2.45, 2.75) is 20.0 Å². The van der Waals surface area contributed by atoms with Crippen molar-refractivity contribution in [2.24, 2.45) is 0 Å². The predicted octanol–water partition coefficient (Wildman–Crippen LogP) is 4.15. The molecule has 0 radical (unpaired) electrons. The van der Waals surface area contributed by atoms with Gasteiger partial charge >= 0.3 is 0 Å². The molecule has 2 aromatic heterocycles. The van der Waals surface area contributed by atoms with Gasteiger partial charge in [0, 0.05) is 11.4 Å². The van der Waals surface area contributed by atoms with Gasteiger partial charge in [0.2, 0.25) is 0 Å². The molecule has 0 atom stereocenters. The minimum Gasteiger partial charge on any atom is -0.467 e. The molecule has 0 bridgehead atoms. The van der Waals surface area contributed by atoms with Crippen LogP contribution in [0.15, 0.2) is 63.8 Å². The number of thiocarbonyl (C=S) groups is 2. The molecular weight excluding hydrogens is 380 g/mol. The standard InChI is InChI=1S/C19H20N4O2S2/c1-13-6-7-14(22-18(26)20-11-15-4-2-8-24-15)10-17(13)23-19(27)21-12-16-5-3-9-25-16/h2-10H,11-12H2,1H3,(H2,20,22,26)(H2,21,23,27). The second-order valence-corrected chi connectivity index (χ2v) is 6.62. The maximum Gasteiger partial charge on any atom is 0.171 e. The number of furan rings is 2. The first-order valence-corrected chi connectivity index (χ1v) is 9.17. The van der Waals surface area contributed by atoms with Crippen molar-refractivity contribution in [1.82, 2.24) is 10.6 Å². The highest BCUT2D eigenvalue weighted by Crippen LogP contribution is 2.20. The van der Waals surface area contributed by atoms with Crippen LogP contribution in [-0.2, 0) is 13.1 Å². The van der Waals surface area contributed by atoms with E-state index in [4.69, 9.17) is 33.3 Å². The van der Waals surface area contributed by atoms with E-state index in [1.165, 1.54) is 0 Å². The molecule has 1 aromatic carbocycles. The van der Waals surface area contributed by atoms with E-state index in [0.717, 1.165) is 28.5 Å². The molecule has 0 saturated carbocycles. The second kappa shape index (κ2) is 9.20. The topological polar surface area (TPSA) is 74.4 Å². The quantitative estimate of drug-likeness (QED) is 0.460. The molecule has 0 saturated heterocycles. The minimum atomic E-state index is 0.514. The van der Waals surface area contributed by atoms with E-state index < -0.39 is 0 Å². The van der Waals surface area contributed by atoms with Crippen LogP contribution in [0.5, 0.6) is 0 Å². The van der Waals surface area contributed by atoms with Gasteiger partial charge in [-0.05, 0) is 73.3 Å². The number of aryl methyl sites for hydroxylation is 1. The van der Waals surface area contributed by atoms with E-state index in [2.05, 4.69) is 21.3 Å². The fourth-order valence-electron chi connectivity index (χ4n) is 2.34. The largest absolute Gasteiger partial charge is 0.467 e. The molecule has 0 unspecified atom stereocenters. The van der Waals surface area contributed by atoms with Crippen LogP contribution in [0.2, 0.25) is 0 Å². The van der Waals surface area contributed by atoms with Crippen molar-refractivity contribution < 1.29 is 8.83 Å². The Kier molecular flexibility index (Phi) is 6.45. The predicted molar refractivity (Wildman–Crippen MR) is 115 cm³/mol. The molecule has 4 N–H and O–H groups in total. The van der Waals surface area contributed by atoms with Crippen LogP contribution in [-0.4, -0.2) is 10.2 Å². The fraction of sp³-hybridized carbons (Fsp3) is 0.158. The maximum atomic E-state index is 5.35. The first-order chi connectivity index (χ1) is 13.1. The number of anilines is 2. The summed E-state index contributed by atoms with van der Waals surface area (Å²) in [7, 11) is 0. The summed E-state index contributed by atoms with van der Waals surface area (Å²) in [6.07, 6.45) is 3.27. The summed E-state index contributed by atoms with van der Waals surface area (Å²) in [6.45, 7) is 3.06. The van der Waals surface area contributed by atoms with Crippen LogP contribution < -0.4 is 21.3 Å². The van der Waals surface area contributed by atoms with Crippen LogP contribution >= 0.6 is 24.4 Å². The van der Waals surface area contributed by atoms with E-state index >= 15 is 0 Å². The first-order valence-electron chi connectivity index (χ1n) is 8.35. The smallest absolute Gasteiger partial charge is 0.171 e. The summed E-state index contributed by atoms with van der Waals surface area (Å²) in [6, 6.07) is 13.4. The maximum absolute atomic E-state index is 5.35. The normalized spacial score (nSPS) is 10.3. The van der Waals surface area contributed by atoms with Crippen LogP contribution in [0.4, 0.5) is 11.4 Å². The average Bonchev–Trinajstić information content (AvgIpc) is 3.35. The number of rotatable bonds is 6. The molecule has 0 aliphatic heterocycles. The van der Waals surface area contributed by atoms with Crippen molar-refractivity contribution in [3.63, 3.8) is 0 Å². The molecule has 27 heavy (non-hydrogen) atoms. The third-order valence-electron chi connectivity index (χ3n) is 3.75. The SMILES string of the molecule is Cc1ccc(NC(=S)NCc2ccco2)cc1NC(=S)NCc1ccco1. The van der Waals surface area contributed by atoms with Crippen molar-refractivity contribution in [3.8, 4) is 0 Å². The zero-order chi connectivity index (χ0) is 19.1. The highest BCUT2D eigenvalue weighted by molar-refractivity contribution is 7.80. The molecule has 0 fully saturated rings. The Balaban J connectivity index is 1.53. The van der Waals surface area contributed by atoms with Gasteiger partial charge < -0.3 is 30.1 Å². The van der Waals surface area contributed by atoms with E-state index in [1.54, 1.807) is 12.5 Å². The summed E-state index contributed by atoms with van der Waals surface area (Å²) >= 11 is 10.7. The Morgan fingerprint density at radius 2 is 1.44 bits per heavy atom. The highest BCUT2D eigenvalue weighted by Gasteiger charge is 2.06. The van der Waals surface area contributed by atoms with Crippen molar-refractivity contribution in [1.29, 1.82) is 0 Å². The molecule has 0 amide bonds. The van der Waals surface area contributed by atoms with Gasteiger partial charge in [-0.2, -0.15) is 0 Å². The lowest BCUT2D eigenvalue weighted by Crippen LogP contribution is -2.29. The van der Waals surface area contributed by atoms with E-state index in [9.17, 15) is 0 Å². The summed E-state index contributed by atoms with van der Waals surface area (Å²) < 4.78 is 10.6. The van der Waals surface area contributed by atoms with Crippen molar-refractivity contribution in [2.75, 3.05) is 10.6 Å². The lowest BCUT2D eigenvalue weighted by Gasteiger charge is -2.15. The fourth-order valence-corrected chi connectivity index (χ4v) is 2.71. The van der Waals surface area contributed by atoms with Gasteiger partial charge in [-0.15, -0.1) is 0 Å². The molecule has 3 rings (SSSR count). The monoisotopic (exact) mass is 400 g/mol. The van der Waals surface area contributed by atoms with E-state index in [0.29, 0.717) is 23.3 Å². The molecule has 140 valence electrons. The highest BCUT2D eigenvalue weighted by atomic mass is 32.1. The molecule has 0 spiro atoms. The Labute approximate surface area is 168 Å². The van der Waals surface area contributed by atoms with Gasteiger partial charge in [0.15, 0.2) is 10.2 Å². The van der Waals surface area contributed by atoms with E-state index in [1.807, 2.05) is 49.4 Å². The Morgan fingerprint density at radius 3 is 2.00 bits per heavy atom. The van der Waals surface area contributed by atoms with Gasteiger partial charge in [0.25, 0.3) is 0 Å². The minimum absolute atomic E-state index is 0.514. The summed E-state index contributed by atoms with van der Waals surface area (Å²) in [5.74, 6) is 1.64. The molecule has 0 aliphatic rings. The molecule has 0 aliphatic carbocycles. The molecule has 2 heterocycles. The van der Waals surface area contributed by atoms with Gasteiger partial charge in [-0.25, -0.2) is 0 Å². The third kappa shape index (κ3) is 5.83. The summed E-state index contributed by atoms with van der Waals surface area (Å²) in [5, 5.41) is 13.6. The zero-order valence-electron chi connectivity index (χ0n) is 14.7.